The maximum atomic E-state index is 12.8. The predicted octanol–water partition coefficient (Wildman–Crippen LogP) is 3.37. The van der Waals surface area contributed by atoms with Crippen molar-refractivity contribution in [2.24, 2.45) is 0 Å². The van der Waals surface area contributed by atoms with Gasteiger partial charge in [-0.1, -0.05) is 0 Å². The van der Waals surface area contributed by atoms with Crippen LogP contribution in [0.1, 0.15) is 15.4 Å². The molecule has 0 spiro atoms. The van der Waals surface area contributed by atoms with E-state index >= 15 is 0 Å². The fourth-order valence-corrected chi connectivity index (χ4v) is 6.29. The first-order valence-corrected chi connectivity index (χ1v) is 12.6. The van der Waals surface area contributed by atoms with Crippen molar-refractivity contribution in [2.75, 3.05) is 38.5 Å². The summed E-state index contributed by atoms with van der Waals surface area (Å²) in [5.74, 6) is -0.249. The van der Waals surface area contributed by atoms with Crippen molar-refractivity contribution in [3.63, 3.8) is 0 Å². The van der Waals surface area contributed by atoms with Gasteiger partial charge in [0, 0.05) is 42.8 Å². The van der Waals surface area contributed by atoms with Crippen LogP contribution in [-0.2, 0) is 10.0 Å². The number of thiophene rings is 1. The molecule has 0 aliphatic carbocycles. The number of thiazole rings is 1. The van der Waals surface area contributed by atoms with Gasteiger partial charge < -0.3 is 10.2 Å². The number of anilines is 1. The van der Waals surface area contributed by atoms with Gasteiger partial charge in [0.05, 0.1) is 10.6 Å². The average Bonchev–Trinajstić information content (AvgIpc) is 3.38. The number of carbonyl (C=O) groups is 1. The van der Waals surface area contributed by atoms with Crippen molar-refractivity contribution >= 4 is 44.3 Å². The zero-order valence-electron chi connectivity index (χ0n) is 16.7. The van der Waals surface area contributed by atoms with Gasteiger partial charge in [0.25, 0.3) is 5.91 Å². The molecule has 2 aromatic heterocycles. The quantitative estimate of drug-likeness (QED) is 0.629. The standard InChI is InChI=1S/C20H22N4O3S3/c1-14-18(29-20(21-14)15-7-12-28-13-15)19(25)22-16-3-5-17(6-4-16)30(26,27)24-10-8-23(2)9-11-24/h3-7,12-13H,8-11H2,1-2H3,(H,22,25). The number of nitrogens with one attached hydrogen (secondary N) is 1. The number of carbonyl (C=O) groups excluding carboxylic acids is 1. The Morgan fingerprint density at radius 2 is 1.80 bits per heavy atom. The van der Waals surface area contributed by atoms with Gasteiger partial charge in [-0.25, -0.2) is 13.4 Å². The van der Waals surface area contributed by atoms with E-state index in [-0.39, 0.29) is 10.8 Å². The van der Waals surface area contributed by atoms with E-state index in [0.29, 0.717) is 29.3 Å². The first-order chi connectivity index (χ1) is 14.3. The second-order valence-electron chi connectivity index (χ2n) is 7.13. The maximum absolute atomic E-state index is 12.8. The molecule has 0 unspecified atom stereocenters. The fourth-order valence-electron chi connectivity index (χ4n) is 3.19. The van der Waals surface area contributed by atoms with Crippen LogP contribution in [0, 0.1) is 6.92 Å². The molecule has 10 heteroatoms. The number of amides is 1. The van der Waals surface area contributed by atoms with Gasteiger partial charge in [0.15, 0.2) is 0 Å². The van der Waals surface area contributed by atoms with Gasteiger partial charge >= 0.3 is 0 Å². The molecule has 1 fully saturated rings. The first-order valence-electron chi connectivity index (χ1n) is 9.45. The van der Waals surface area contributed by atoms with Crippen molar-refractivity contribution in [1.82, 2.24) is 14.2 Å². The summed E-state index contributed by atoms with van der Waals surface area (Å²) < 4.78 is 27.2. The third-order valence-electron chi connectivity index (χ3n) is 4.98. The summed E-state index contributed by atoms with van der Waals surface area (Å²) in [6.45, 7) is 4.21. The second kappa shape index (κ2) is 8.56. The monoisotopic (exact) mass is 462 g/mol. The van der Waals surface area contributed by atoms with Crippen LogP contribution in [0.3, 0.4) is 0 Å². The van der Waals surface area contributed by atoms with Gasteiger partial charge in [-0.15, -0.1) is 11.3 Å². The van der Waals surface area contributed by atoms with Crippen molar-refractivity contribution in [1.29, 1.82) is 0 Å². The summed E-state index contributed by atoms with van der Waals surface area (Å²) in [5.41, 5.74) is 2.22. The Morgan fingerprint density at radius 1 is 1.10 bits per heavy atom. The third-order valence-corrected chi connectivity index (χ3v) is 8.78. The van der Waals surface area contributed by atoms with Crippen molar-refractivity contribution < 1.29 is 13.2 Å². The molecule has 1 aliphatic heterocycles. The van der Waals surface area contributed by atoms with Crippen LogP contribution < -0.4 is 5.32 Å². The summed E-state index contributed by atoms with van der Waals surface area (Å²) in [4.78, 5) is 20.1. The lowest BCUT2D eigenvalue weighted by Gasteiger charge is -2.31. The molecule has 1 N–H and O–H groups in total. The molecule has 1 saturated heterocycles. The van der Waals surface area contributed by atoms with Crippen molar-refractivity contribution in [2.45, 2.75) is 11.8 Å². The predicted molar refractivity (Wildman–Crippen MR) is 121 cm³/mol. The highest BCUT2D eigenvalue weighted by atomic mass is 32.2. The normalized spacial score (nSPS) is 15.9. The van der Waals surface area contributed by atoms with Crippen molar-refractivity contribution in [3.05, 3.63) is 51.7 Å². The van der Waals surface area contributed by atoms with Crippen LogP contribution in [0.25, 0.3) is 10.6 Å². The third kappa shape index (κ3) is 4.33. The van der Waals surface area contributed by atoms with Crippen LogP contribution in [0.2, 0.25) is 0 Å². The number of nitrogens with zero attached hydrogens (tertiary/aromatic N) is 3. The minimum Gasteiger partial charge on any atom is -0.321 e. The topological polar surface area (TPSA) is 82.6 Å². The SMILES string of the molecule is Cc1nc(-c2ccsc2)sc1C(=O)Nc1ccc(S(=O)(=O)N2CCN(C)CC2)cc1. The van der Waals surface area contributed by atoms with E-state index in [1.165, 1.54) is 15.6 Å². The van der Waals surface area contributed by atoms with Crippen LogP contribution in [0.5, 0.6) is 0 Å². The molecule has 0 bridgehead atoms. The molecule has 3 aromatic rings. The lowest BCUT2D eigenvalue weighted by atomic mass is 10.3. The fraction of sp³-hybridized carbons (Fsp3) is 0.300. The lowest BCUT2D eigenvalue weighted by molar-refractivity contribution is 0.103. The smallest absolute Gasteiger partial charge is 0.267 e. The van der Waals surface area contributed by atoms with Crippen LogP contribution in [0.4, 0.5) is 5.69 Å². The largest absolute Gasteiger partial charge is 0.321 e. The lowest BCUT2D eigenvalue weighted by Crippen LogP contribution is -2.46. The van der Waals surface area contributed by atoms with Crippen LogP contribution in [0.15, 0.2) is 46.0 Å². The number of aromatic nitrogens is 1. The highest BCUT2D eigenvalue weighted by molar-refractivity contribution is 7.89. The van der Waals surface area contributed by atoms with E-state index < -0.39 is 10.0 Å². The zero-order valence-corrected chi connectivity index (χ0v) is 19.1. The van der Waals surface area contributed by atoms with E-state index in [9.17, 15) is 13.2 Å². The molecule has 0 saturated carbocycles. The number of hydrogen-bond acceptors (Lipinski definition) is 7. The number of piperazine rings is 1. The molecule has 1 aliphatic rings. The highest BCUT2D eigenvalue weighted by Gasteiger charge is 2.27. The van der Waals surface area contributed by atoms with Gasteiger partial charge in [-0.05, 0) is 49.7 Å². The Hall–Kier alpha value is -2.11. The molecule has 4 rings (SSSR count). The molecule has 1 amide bonds. The van der Waals surface area contributed by atoms with E-state index in [4.69, 9.17) is 0 Å². The second-order valence-corrected chi connectivity index (χ2v) is 10.8. The minimum atomic E-state index is -3.52. The zero-order chi connectivity index (χ0) is 21.3. The summed E-state index contributed by atoms with van der Waals surface area (Å²) >= 11 is 2.93. The van der Waals surface area contributed by atoms with Crippen LogP contribution in [-0.4, -0.2) is 61.7 Å². The van der Waals surface area contributed by atoms with Crippen molar-refractivity contribution in [3.8, 4) is 10.6 Å². The summed E-state index contributed by atoms with van der Waals surface area (Å²) in [7, 11) is -1.54. The Kier molecular flexibility index (Phi) is 6.03. The Bertz CT molecular complexity index is 1130. The van der Waals surface area contributed by atoms with Crippen LogP contribution >= 0.6 is 22.7 Å². The molecular weight excluding hydrogens is 440 g/mol. The van der Waals surface area contributed by atoms with Gasteiger partial charge in [0.2, 0.25) is 10.0 Å². The summed E-state index contributed by atoms with van der Waals surface area (Å²) in [6, 6.07) is 8.30. The number of likely N-dealkylation sites (N-methyl/N-ethyl adjacent to an activating group) is 1. The molecule has 7 nitrogen and oxygen atoms in total. The number of aryl methyl sites for hydroxylation is 1. The van der Waals surface area contributed by atoms with E-state index in [1.54, 1.807) is 35.6 Å². The maximum Gasteiger partial charge on any atom is 0.267 e. The highest BCUT2D eigenvalue weighted by Crippen LogP contribution is 2.30. The molecule has 0 atom stereocenters. The van der Waals surface area contributed by atoms with E-state index in [0.717, 1.165) is 23.7 Å². The average molecular weight is 463 g/mol. The summed E-state index contributed by atoms with van der Waals surface area (Å²) in [5, 5.41) is 7.63. The molecule has 3 heterocycles. The van der Waals surface area contributed by atoms with Gasteiger partial charge in [0.1, 0.15) is 9.88 Å². The number of hydrogen-bond donors (Lipinski definition) is 1. The summed E-state index contributed by atoms with van der Waals surface area (Å²) in [6.07, 6.45) is 0. The number of benzene rings is 1. The Labute approximate surface area is 184 Å². The Balaban J connectivity index is 1.47. The van der Waals surface area contributed by atoms with Gasteiger partial charge in [-0.3, -0.25) is 4.79 Å². The van der Waals surface area contributed by atoms with E-state index in [2.05, 4.69) is 15.2 Å². The molecule has 158 valence electrons. The molecule has 30 heavy (non-hydrogen) atoms. The molecule has 1 aromatic carbocycles. The van der Waals surface area contributed by atoms with E-state index in [1.807, 2.05) is 30.8 Å². The van der Waals surface area contributed by atoms with Gasteiger partial charge in [-0.2, -0.15) is 15.6 Å². The minimum absolute atomic E-state index is 0.235. The molecular formula is C20H22N4O3S3. The number of sulfonamides is 1. The first kappa shape index (κ1) is 21.1. The Morgan fingerprint density at radius 3 is 2.43 bits per heavy atom. The molecule has 0 radical (unpaired) electrons. The number of rotatable bonds is 5.